The number of hydrogen-bond acceptors (Lipinski definition) is 2. The molecule has 0 saturated carbocycles. The molecule has 0 fully saturated rings. The van der Waals surface area contributed by atoms with Crippen molar-refractivity contribution in [2.75, 3.05) is 6.61 Å². The molecule has 2 rings (SSSR count). The van der Waals surface area contributed by atoms with Crippen LogP contribution in [0.4, 0.5) is 0 Å². The van der Waals surface area contributed by atoms with Gasteiger partial charge in [0.2, 0.25) is 0 Å². The average molecular weight is 353 g/mol. The number of fused-ring (bicyclic) bond motifs is 1. The van der Waals surface area contributed by atoms with Crippen LogP contribution in [0.25, 0.3) is 0 Å². The average Bonchev–Trinajstić information content (AvgIpc) is 3.07. The Balaban J connectivity index is -0.0000000852. The maximum Gasteiger partial charge on any atom is 0 e. The first kappa shape index (κ1) is 32.9. The van der Waals surface area contributed by atoms with Gasteiger partial charge in [0.1, 0.15) is 0 Å². The molecule has 1 unspecified atom stereocenters. The number of aliphatic imine (C=N–C) groups is 1. The van der Waals surface area contributed by atoms with Crippen LogP contribution in [-0.4, -0.2) is 12.8 Å². The van der Waals surface area contributed by atoms with Gasteiger partial charge in [-0.2, -0.15) is 0 Å². The van der Waals surface area contributed by atoms with Crippen molar-refractivity contribution in [2.24, 2.45) is 4.99 Å². The maximum atomic E-state index is 7.50. The number of rotatable bonds is 2. The second kappa shape index (κ2) is 32.1. The van der Waals surface area contributed by atoms with E-state index in [1.807, 2.05) is 25.3 Å². The van der Waals surface area contributed by atoms with Crippen molar-refractivity contribution >= 4 is 6.21 Å². The van der Waals surface area contributed by atoms with Crippen molar-refractivity contribution in [2.45, 2.75) is 13.2 Å². The van der Waals surface area contributed by atoms with Crippen LogP contribution in [0.15, 0.2) is 29.3 Å². The molecule has 8 heteroatoms. The molecule has 0 bridgehead atoms. The molecule has 1 aromatic carbocycles. The van der Waals surface area contributed by atoms with Crippen LogP contribution in [0.2, 0.25) is 0 Å². The first-order valence-corrected chi connectivity index (χ1v) is 5.17. The van der Waals surface area contributed by atoms with Crippen molar-refractivity contribution in [3.05, 3.63) is 68.6 Å². The van der Waals surface area contributed by atoms with Gasteiger partial charge in [0, 0.05) is 41.3 Å². The number of nitrogens with zero attached hydrogens (tertiary/aromatic N) is 1. The zero-order valence-electron chi connectivity index (χ0n) is 12.0. The Morgan fingerprint density at radius 1 is 0.913 bits per heavy atom. The topological polar surface area (TPSA) is 121 Å². The van der Waals surface area contributed by atoms with E-state index < -0.39 is 0 Å². The van der Waals surface area contributed by atoms with Crippen LogP contribution >= 0.6 is 0 Å². The molecule has 1 heterocycles. The Kier molecular flexibility index (Phi) is 45.9. The van der Waals surface area contributed by atoms with E-state index in [0.717, 1.165) is 0 Å². The van der Waals surface area contributed by atoms with E-state index in [-0.39, 0.29) is 23.6 Å². The first-order valence-electron chi connectivity index (χ1n) is 5.17. The molecule has 1 aliphatic rings. The summed E-state index contributed by atoms with van der Waals surface area (Å²) >= 11 is 0. The van der Waals surface area contributed by atoms with Gasteiger partial charge in [-0.25, -0.2) is 0 Å². The number of ether oxygens (including phenoxy) is 1. The monoisotopic (exact) mass is 353 g/mol. The Hall–Kier alpha value is -1.92. The third kappa shape index (κ3) is 14.8. The Labute approximate surface area is 145 Å². The van der Waals surface area contributed by atoms with E-state index in [1.54, 1.807) is 0 Å². The summed E-state index contributed by atoms with van der Waals surface area (Å²) in [5, 5.41) is 0. The SMILES string of the molecule is CCOC1N=Cc2ccccc21.[C-]#[O+].[C-]#[O+].[C-]#[O+].[C-]#[O+].[C-]#[O+].[Cr]. The molecule has 7 nitrogen and oxygen atoms in total. The van der Waals surface area contributed by atoms with Crippen molar-refractivity contribution in [3.8, 4) is 0 Å². The number of hydrogen-bond donors (Lipinski definition) is 0. The zero-order chi connectivity index (χ0) is 18.4. The van der Waals surface area contributed by atoms with Gasteiger partial charge in [0.05, 0.1) is 0 Å². The molecule has 0 N–H and O–H groups in total. The third-order valence-corrected chi connectivity index (χ3v) is 1.94. The smallest absolute Gasteiger partial charge is 0 e. The molecule has 0 aliphatic carbocycles. The second-order valence-corrected chi connectivity index (χ2v) is 2.71. The first-order chi connectivity index (χ1) is 10.9. The summed E-state index contributed by atoms with van der Waals surface area (Å²) in [6.07, 6.45) is 1.81. The minimum atomic E-state index is -0.0637. The largest absolute Gasteiger partial charge is 0 e. The van der Waals surface area contributed by atoms with Crippen LogP contribution in [0.5, 0.6) is 0 Å². The molecular weight excluding hydrogens is 342 g/mol. The summed E-state index contributed by atoms with van der Waals surface area (Å²) in [7, 11) is 0. The van der Waals surface area contributed by atoms with Crippen LogP contribution in [0, 0.1) is 33.3 Å². The summed E-state index contributed by atoms with van der Waals surface area (Å²) in [5.41, 5.74) is 2.36. The van der Waals surface area contributed by atoms with E-state index in [9.17, 15) is 0 Å². The van der Waals surface area contributed by atoms with Gasteiger partial charge < -0.3 is 4.74 Å². The van der Waals surface area contributed by atoms with Gasteiger partial charge >= 0.3 is 56.5 Å². The van der Waals surface area contributed by atoms with Crippen LogP contribution in [0.3, 0.4) is 0 Å². The van der Waals surface area contributed by atoms with Gasteiger partial charge in [-0.1, -0.05) is 24.3 Å². The van der Waals surface area contributed by atoms with Crippen molar-refractivity contribution in [3.63, 3.8) is 0 Å². The van der Waals surface area contributed by atoms with Crippen LogP contribution in [0.1, 0.15) is 24.3 Å². The van der Waals surface area contributed by atoms with Crippen molar-refractivity contribution < 1.29 is 45.4 Å². The summed E-state index contributed by atoms with van der Waals surface area (Å²) in [4.78, 5) is 4.25. The molecule has 0 spiro atoms. The Morgan fingerprint density at radius 2 is 1.35 bits per heavy atom. The van der Waals surface area contributed by atoms with Crippen molar-refractivity contribution in [1.29, 1.82) is 0 Å². The normalized spacial score (nSPS) is 10.7. The third-order valence-electron chi connectivity index (χ3n) is 1.94. The molecule has 1 aliphatic heterocycles. The maximum absolute atomic E-state index is 7.50. The molecule has 23 heavy (non-hydrogen) atoms. The van der Waals surface area contributed by atoms with E-state index in [2.05, 4.69) is 50.4 Å². The quantitative estimate of drug-likeness (QED) is 0.586. The molecule has 1 atom stereocenters. The minimum Gasteiger partial charge on any atom is 0 e. The standard InChI is InChI=1S/C10H11NO.5CO.Cr/c1-2-12-10-9-6-4-3-5-8(9)7-11-10;5*1-2;/h3-7,10H,2H2,1H3;;;;;;. The van der Waals surface area contributed by atoms with Gasteiger partial charge in [-0.05, 0) is 6.92 Å². The van der Waals surface area contributed by atoms with Gasteiger partial charge in [-0.3, -0.25) is 4.99 Å². The van der Waals surface area contributed by atoms with E-state index in [0.29, 0.717) is 6.61 Å². The fourth-order valence-electron chi connectivity index (χ4n) is 1.37. The van der Waals surface area contributed by atoms with E-state index in [1.165, 1.54) is 11.1 Å². The molecule has 118 valence electrons. The summed E-state index contributed by atoms with van der Waals surface area (Å²) in [5.74, 6) is 0. The molecule has 0 amide bonds. The molecule has 1 aromatic rings. The number of benzene rings is 1. The van der Waals surface area contributed by atoms with Crippen molar-refractivity contribution in [1.82, 2.24) is 0 Å². The van der Waals surface area contributed by atoms with E-state index >= 15 is 0 Å². The minimum absolute atomic E-state index is 0. The van der Waals surface area contributed by atoms with Crippen LogP contribution in [-0.2, 0) is 45.4 Å². The van der Waals surface area contributed by atoms with Gasteiger partial charge in [-0.15, -0.1) is 0 Å². The predicted octanol–water partition coefficient (Wildman–Crippen LogP) is 1.96. The molecule has 0 radical (unpaired) electrons. The summed E-state index contributed by atoms with van der Waals surface area (Å²) in [6.45, 7) is 25.2. The molecular formula is C15H11CrNO6. The Bertz CT molecular complexity index is 470. The summed E-state index contributed by atoms with van der Waals surface area (Å²) < 4.78 is 42.9. The van der Waals surface area contributed by atoms with Crippen LogP contribution < -0.4 is 0 Å². The zero-order valence-corrected chi connectivity index (χ0v) is 13.3. The summed E-state index contributed by atoms with van der Waals surface area (Å²) in [6, 6.07) is 8.14. The second-order valence-electron chi connectivity index (χ2n) is 2.71. The van der Waals surface area contributed by atoms with Gasteiger partial charge in [0.15, 0.2) is 6.23 Å². The fraction of sp³-hybridized carbons (Fsp3) is 0.200. The fourth-order valence-corrected chi connectivity index (χ4v) is 1.37. The molecule has 0 aromatic heterocycles. The predicted molar refractivity (Wildman–Crippen MR) is 68.1 cm³/mol. The Morgan fingerprint density at radius 3 is 1.78 bits per heavy atom. The van der Waals surface area contributed by atoms with E-state index in [4.69, 9.17) is 28.0 Å². The molecule has 0 saturated heterocycles. The van der Waals surface area contributed by atoms with Gasteiger partial charge in [0.25, 0.3) is 0 Å².